The van der Waals surface area contributed by atoms with Gasteiger partial charge in [-0.2, -0.15) is 0 Å². The van der Waals surface area contributed by atoms with Gasteiger partial charge in [0.1, 0.15) is 17.1 Å². The summed E-state index contributed by atoms with van der Waals surface area (Å²) in [5.74, 6) is 0.594. The molecule has 2 aromatic rings. The lowest BCUT2D eigenvalue weighted by Crippen LogP contribution is -2.03. The average molecular weight is 234 g/mol. The number of fused-ring (bicyclic) bond motifs is 1. The van der Waals surface area contributed by atoms with Crippen LogP contribution in [0.2, 0.25) is 0 Å². The molecule has 0 aliphatic carbocycles. The number of anilines is 1. The van der Waals surface area contributed by atoms with E-state index in [1.807, 2.05) is 13.0 Å². The summed E-state index contributed by atoms with van der Waals surface area (Å²) < 4.78 is 10.1. The van der Waals surface area contributed by atoms with Crippen molar-refractivity contribution in [3.8, 4) is 5.75 Å². The van der Waals surface area contributed by atoms with E-state index < -0.39 is 5.97 Å². The van der Waals surface area contributed by atoms with Gasteiger partial charge in [-0.1, -0.05) is 0 Å². The summed E-state index contributed by atoms with van der Waals surface area (Å²) in [5.41, 5.74) is 6.88. The third-order valence-electron chi connectivity index (χ3n) is 2.50. The molecule has 1 aromatic carbocycles. The van der Waals surface area contributed by atoms with Gasteiger partial charge < -0.3 is 20.2 Å². The molecule has 0 radical (unpaired) electrons. The molecule has 0 atom stereocenters. The number of aromatic amines is 1. The quantitative estimate of drug-likeness (QED) is 0.795. The highest BCUT2D eigenvalue weighted by atomic mass is 16.5. The second-order valence-electron chi connectivity index (χ2n) is 3.55. The van der Waals surface area contributed by atoms with Crippen LogP contribution in [0.15, 0.2) is 18.2 Å². The molecule has 2 rings (SSSR count). The second-order valence-corrected chi connectivity index (χ2v) is 3.55. The number of ether oxygens (including phenoxy) is 2. The number of carbonyl (C=O) groups excluding carboxylic acids is 1. The van der Waals surface area contributed by atoms with Gasteiger partial charge >= 0.3 is 5.97 Å². The molecule has 1 heterocycles. The first-order valence-corrected chi connectivity index (χ1v) is 5.29. The standard InChI is InChI=1S/C12H14N2O3/c1-3-17-7-4-5-8-9(6-7)14-11(13)10(8)12(15)16-2/h4-6,14H,3,13H2,1-2H3. The summed E-state index contributed by atoms with van der Waals surface area (Å²) in [5, 5.41) is 0.734. The number of benzene rings is 1. The molecular formula is C12H14N2O3. The van der Waals surface area contributed by atoms with Gasteiger partial charge in [-0.25, -0.2) is 4.79 Å². The average Bonchev–Trinajstić information content (AvgIpc) is 2.64. The number of methoxy groups -OCH3 is 1. The van der Waals surface area contributed by atoms with Crippen LogP contribution < -0.4 is 10.5 Å². The Morgan fingerprint density at radius 2 is 2.24 bits per heavy atom. The Bertz CT molecular complexity index is 560. The predicted molar refractivity (Wildman–Crippen MR) is 65.2 cm³/mol. The van der Waals surface area contributed by atoms with E-state index in [4.69, 9.17) is 15.2 Å². The predicted octanol–water partition coefficient (Wildman–Crippen LogP) is 1.94. The minimum atomic E-state index is -0.446. The third-order valence-corrected chi connectivity index (χ3v) is 2.50. The highest BCUT2D eigenvalue weighted by Gasteiger charge is 2.17. The summed E-state index contributed by atoms with van der Waals surface area (Å²) in [6.45, 7) is 2.50. The van der Waals surface area contributed by atoms with Crippen molar-refractivity contribution in [2.45, 2.75) is 6.92 Å². The molecule has 0 spiro atoms. The first-order valence-electron chi connectivity index (χ1n) is 5.29. The Hall–Kier alpha value is -2.17. The number of carbonyl (C=O) groups is 1. The van der Waals surface area contributed by atoms with Crippen LogP contribution in [0.25, 0.3) is 10.9 Å². The van der Waals surface area contributed by atoms with Crippen LogP contribution in [-0.4, -0.2) is 24.7 Å². The van der Waals surface area contributed by atoms with Crippen LogP contribution in [0.5, 0.6) is 5.75 Å². The van der Waals surface area contributed by atoms with Crippen LogP contribution in [0.1, 0.15) is 17.3 Å². The van der Waals surface area contributed by atoms with Crippen molar-refractivity contribution in [2.75, 3.05) is 19.5 Å². The number of rotatable bonds is 3. The van der Waals surface area contributed by atoms with E-state index in [9.17, 15) is 4.79 Å². The molecule has 0 amide bonds. The number of aromatic nitrogens is 1. The number of hydrogen-bond donors (Lipinski definition) is 2. The monoisotopic (exact) mass is 234 g/mol. The number of H-pyrrole nitrogens is 1. The van der Waals surface area contributed by atoms with Gasteiger partial charge in [0.05, 0.1) is 19.2 Å². The number of nitrogen functional groups attached to an aromatic ring is 1. The van der Waals surface area contributed by atoms with Gasteiger partial charge in [-0.15, -0.1) is 0 Å². The largest absolute Gasteiger partial charge is 0.494 e. The van der Waals surface area contributed by atoms with Gasteiger partial charge in [0.25, 0.3) is 0 Å². The normalized spacial score (nSPS) is 10.5. The molecule has 3 N–H and O–H groups in total. The third kappa shape index (κ3) is 1.91. The molecule has 1 aromatic heterocycles. The lowest BCUT2D eigenvalue weighted by atomic mass is 10.1. The molecule has 0 unspecified atom stereocenters. The first kappa shape index (κ1) is 11.3. The highest BCUT2D eigenvalue weighted by molar-refractivity contribution is 6.09. The zero-order valence-corrected chi connectivity index (χ0v) is 9.74. The Balaban J connectivity index is 2.56. The van der Waals surface area contributed by atoms with Crippen molar-refractivity contribution < 1.29 is 14.3 Å². The SMILES string of the molecule is CCOc1ccc2c(C(=O)OC)c(N)[nH]c2c1. The molecule has 0 aliphatic rings. The van der Waals surface area contributed by atoms with Crippen molar-refractivity contribution in [1.29, 1.82) is 0 Å². The summed E-state index contributed by atoms with van der Waals surface area (Å²) in [7, 11) is 1.33. The zero-order chi connectivity index (χ0) is 12.4. The first-order chi connectivity index (χ1) is 8.17. The molecule has 90 valence electrons. The van der Waals surface area contributed by atoms with Gasteiger partial charge in [-0.3, -0.25) is 0 Å². The van der Waals surface area contributed by atoms with Crippen LogP contribution in [0, 0.1) is 0 Å². The molecule has 0 saturated carbocycles. The summed E-state index contributed by atoms with van der Waals surface area (Å²) >= 11 is 0. The van der Waals surface area contributed by atoms with Crippen LogP contribution >= 0.6 is 0 Å². The lowest BCUT2D eigenvalue weighted by molar-refractivity contribution is 0.0604. The van der Waals surface area contributed by atoms with Gasteiger partial charge in [0, 0.05) is 11.5 Å². The number of esters is 1. The Morgan fingerprint density at radius 1 is 1.47 bits per heavy atom. The smallest absolute Gasteiger partial charge is 0.342 e. The van der Waals surface area contributed by atoms with E-state index in [-0.39, 0.29) is 0 Å². The summed E-state index contributed by atoms with van der Waals surface area (Å²) in [6, 6.07) is 5.40. The van der Waals surface area contributed by atoms with Crippen molar-refractivity contribution in [3.63, 3.8) is 0 Å². The molecule has 0 aliphatic heterocycles. The molecule has 0 fully saturated rings. The fourth-order valence-corrected chi connectivity index (χ4v) is 1.78. The maximum absolute atomic E-state index is 11.6. The molecule has 0 bridgehead atoms. The minimum absolute atomic E-state index is 0.306. The van der Waals surface area contributed by atoms with Gasteiger partial charge in [0.15, 0.2) is 0 Å². The summed E-state index contributed by atoms with van der Waals surface area (Å²) in [4.78, 5) is 14.5. The van der Waals surface area contributed by atoms with E-state index in [0.29, 0.717) is 18.0 Å². The maximum Gasteiger partial charge on any atom is 0.342 e. The maximum atomic E-state index is 11.6. The lowest BCUT2D eigenvalue weighted by Gasteiger charge is -2.02. The molecular weight excluding hydrogens is 220 g/mol. The van der Waals surface area contributed by atoms with Crippen molar-refractivity contribution in [2.24, 2.45) is 0 Å². The van der Waals surface area contributed by atoms with Crippen molar-refractivity contribution in [3.05, 3.63) is 23.8 Å². The molecule has 0 saturated heterocycles. The molecule has 17 heavy (non-hydrogen) atoms. The van der Waals surface area contributed by atoms with E-state index in [2.05, 4.69) is 4.98 Å². The Labute approximate surface area is 98.5 Å². The number of nitrogens with one attached hydrogen (secondary N) is 1. The molecule has 5 nitrogen and oxygen atoms in total. The van der Waals surface area contributed by atoms with E-state index in [1.54, 1.807) is 12.1 Å². The van der Waals surface area contributed by atoms with E-state index in [0.717, 1.165) is 16.7 Å². The van der Waals surface area contributed by atoms with E-state index in [1.165, 1.54) is 7.11 Å². The van der Waals surface area contributed by atoms with Gasteiger partial charge in [0.2, 0.25) is 0 Å². The fourth-order valence-electron chi connectivity index (χ4n) is 1.78. The van der Waals surface area contributed by atoms with Crippen LogP contribution in [0.4, 0.5) is 5.82 Å². The van der Waals surface area contributed by atoms with Crippen molar-refractivity contribution in [1.82, 2.24) is 4.98 Å². The van der Waals surface area contributed by atoms with Crippen molar-refractivity contribution >= 4 is 22.7 Å². The fraction of sp³-hybridized carbons (Fsp3) is 0.250. The topological polar surface area (TPSA) is 77.3 Å². The Kier molecular flexibility index (Phi) is 2.91. The zero-order valence-electron chi connectivity index (χ0n) is 9.74. The second kappa shape index (κ2) is 4.37. The summed E-state index contributed by atoms with van der Waals surface area (Å²) in [6.07, 6.45) is 0. The van der Waals surface area contributed by atoms with Crippen LogP contribution in [-0.2, 0) is 4.74 Å². The Morgan fingerprint density at radius 3 is 2.88 bits per heavy atom. The van der Waals surface area contributed by atoms with Gasteiger partial charge in [-0.05, 0) is 19.1 Å². The minimum Gasteiger partial charge on any atom is -0.494 e. The number of hydrogen-bond acceptors (Lipinski definition) is 4. The van der Waals surface area contributed by atoms with Crippen LogP contribution in [0.3, 0.4) is 0 Å². The van der Waals surface area contributed by atoms with E-state index >= 15 is 0 Å². The highest BCUT2D eigenvalue weighted by Crippen LogP contribution is 2.28. The molecule has 5 heteroatoms. The number of nitrogens with two attached hydrogens (primary N) is 1.